The van der Waals surface area contributed by atoms with Gasteiger partial charge in [0.05, 0.1) is 0 Å². The van der Waals surface area contributed by atoms with E-state index < -0.39 is 5.67 Å². The number of rotatable bonds is 1. The van der Waals surface area contributed by atoms with Crippen molar-refractivity contribution < 1.29 is 4.39 Å². The number of piperidine rings is 1. The molecular formula is C11H20FN. The largest absolute Gasteiger partial charge is 0.314 e. The monoisotopic (exact) mass is 185 g/mol. The lowest BCUT2D eigenvalue weighted by Crippen LogP contribution is -2.48. The Morgan fingerprint density at radius 2 is 1.85 bits per heavy atom. The Morgan fingerprint density at radius 3 is 2.46 bits per heavy atom. The second kappa shape index (κ2) is 3.95. The van der Waals surface area contributed by atoms with Crippen molar-refractivity contribution in [1.82, 2.24) is 5.32 Å². The number of alkyl halides is 1. The third-order valence-electron chi connectivity index (χ3n) is 3.70. The van der Waals surface area contributed by atoms with Crippen LogP contribution in [0.4, 0.5) is 4.39 Å². The quantitative estimate of drug-likeness (QED) is 0.662. The SMILES string of the molecule is FC1(C2CCCCC2)CCCNC1. The molecule has 1 unspecified atom stereocenters. The molecule has 1 aliphatic heterocycles. The summed E-state index contributed by atoms with van der Waals surface area (Å²) in [7, 11) is 0. The van der Waals surface area contributed by atoms with Crippen LogP contribution in [0.1, 0.15) is 44.9 Å². The van der Waals surface area contributed by atoms with Crippen molar-refractivity contribution in [3.05, 3.63) is 0 Å². The van der Waals surface area contributed by atoms with Crippen LogP contribution in [0, 0.1) is 5.92 Å². The molecule has 0 amide bonds. The van der Waals surface area contributed by atoms with Crippen LogP contribution in [0.15, 0.2) is 0 Å². The minimum absolute atomic E-state index is 0.356. The molecule has 1 heterocycles. The zero-order chi connectivity index (χ0) is 9.15. The van der Waals surface area contributed by atoms with Gasteiger partial charge in [0.2, 0.25) is 0 Å². The highest BCUT2D eigenvalue weighted by molar-refractivity contribution is 4.93. The number of nitrogens with one attached hydrogen (secondary N) is 1. The van der Waals surface area contributed by atoms with E-state index in [4.69, 9.17) is 0 Å². The molecule has 1 saturated carbocycles. The van der Waals surface area contributed by atoms with E-state index in [1.165, 1.54) is 19.3 Å². The van der Waals surface area contributed by atoms with E-state index in [1.807, 2.05) is 0 Å². The van der Waals surface area contributed by atoms with Gasteiger partial charge in [0.1, 0.15) is 5.67 Å². The molecule has 76 valence electrons. The molecule has 2 heteroatoms. The molecular weight excluding hydrogens is 165 g/mol. The summed E-state index contributed by atoms with van der Waals surface area (Å²) in [6.07, 6.45) is 7.88. The van der Waals surface area contributed by atoms with Crippen LogP contribution in [-0.2, 0) is 0 Å². The molecule has 0 aromatic heterocycles. The average molecular weight is 185 g/mol. The third-order valence-corrected chi connectivity index (χ3v) is 3.70. The molecule has 2 rings (SSSR count). The Kier molecular flexibility index (Phi) is 2.87. The van der Waals surface area contributed by atoms with E-state index in [9.17, 15) is 4.39 Å². The van der Waals surface area contributed by atoms with Crippen molar-refractivity contribution in [2.45, 2.75) is 50.6 Å². The van der Waals surface area contributed by atoms with Crippen LogP contribution in [0.5, 0.6) is 0 Å². The summed E-state index contributed by atoms with van der Waals surface area (Å²) in [5.41, 5.74) is -0.862. The smallest absolute Gasteiger partial charge is 0.126 e. The Labute approximate surface area is 80.1 Å². The lowest BCUT2D eigenvalue weighted by Gasteiger charge is -2.39. The van der Waals surface area contributed by atoms with E-state index in [1.54, 1.807) is 0 Å². The van der Waals surface area contributed by atoms with Gasteiger partial charge in [0.15, 0.2) is 0 Å². The summed E-state index contributed by atoms with van der Waals surface area (Å²) in [5, 5.41) is 3.20. The average Bonchev–Trinajstić information content (AvgIpc) is 2.20. The zero-order valence-electron chi connectivity index (χ0n) is 8.32. The van der Waals surface area contributed by atoms with Gasteiger partial charge in [-0.3, -0.25) is 0 Å². The molecule has 2 aliphatic rings. The highest BCUT2D eigenvalue weighted by Crippen LogP contribution is 2.38. The van der Waals surface area contributed by atoms with Crippen LogP contribution in [0.2, 0.25) is 0 Å². The normalized spacial score (nSPS) is 37.6. The summed E-state index contributed by atoms with van der Waals surface area (Å²) in [4.78, 5) is 0. The first-order valence-electron chi connectivity index (χ1n) is 5.71. The lowest BCUT2D eigenvalue weighted by molar-refractivity contribution is 0.0316. The molecule has 0 spiro atoms. The Morgan fingerprint density at radius 1 is 1.08 bits per heavy atom. The number of hydrogen-bond donors (Lipinski definition) is 1. The fraction of sp³-hybridized carbons (Fsp3) is 1.00. The van der Waals surface area contributed by atoms with Gasteiger partial charge >= 0.3 is 0 Å². The highest BCUT2D eigenvalue weighted by atomic mass is 19.1. The Balaban J connectivity index is 1.94. The number of hydrogen-bond acceptors (Lipinski definition) is 1. The van der Waals surface area contributed by atoms with Crippen molar-refractivity contribution in [1.29, 1.82) is 0 Å². The summed E-state index contributed by atoms with van der Waals surface area (Å²) in [6.45, 7) is 1.62. The first-order chi connectivity index (χ1) is 6.31. The molecule has 0 bridgehead atoms. The molecule has 1 atom stereocenters. The van der Waals surface area contributed by atoms with Gasteiger partial charge in [-0.25, -0.2) is 4.39 Å². The van der Waals surface area contributed by atoms with Crippen LogP contribution in [0.3, 0.4) is 0 Å². The highest BCUT2D eigenvalue weighted by Gasteiger charge is 2.40. The van der Waals surface area contributed by atoms with Crippen molar-refractivity contribution in [3.8, 4) is 0 Å². The maximum Gasteiger partial charge on any atom is 0.126 e. The van der Waals surface area contributed by atoms with Gasteiger partial charge in [-0.2, -0.15) is 0 Å². The predicted octanol–water partition coefficient (Wildman–Crippen LogP) is 2.66. The Hall–Kier alpha value is -0.110. The lowest BCUT2D eigenvalue weighted by atomic mass is 9.75. The Bertz CT molecular complexity index is 157. The number of halogens is 1. The minimum atomic E-state index is -0.862. The molecule has 0 radical (unpaired) electrons. The van der Waals surface area contributed by atoms with Gasteiger partial charge in [-0.1, -0.05) is 19.3 Å². The van der Waals surface area contributed by atoms with Crippen molar-refractivity contribution in [2.24, 2.45) is 5.92 Å². The molecule has 1 aliphatic carbocycles. The van der Waals surface area contributed by atoms with Gasteiger partial charge < -0.3 is 5.32 Å². The van der Waals surface area contributed by atoms with E-state index in [2.05, 4.69) is 5.32 Å². The van der Waals surface area contributed by atoms with Gasteiger partial charge in [-0.15, -0.1) is 0 Å². The van der Waals surface area contributed by atoms with Crippen LogP contribution >= 0.6 is 0 Å². The van der Waals surface area contributed by atoms with Gasteiger partial charge in [0.25, 0.3) is 0 Å². The van der Waals surface area contributed by atoms with Crippen LogP contribution in [-0.4, -0.2) is 18.8 Å². The van der Waals surface area contributed by atoms with E-state index in [0.717, 1.165) is 32.2 Å². The van der Waals surface area contributed by atoms with Crippen molar-refractivity contribution >= 4 is 0 Å². The molecule has 2 fully saturated rings. The maximum atomic E-state index is 14.4. The molecule has 0 aromatic rings. The summed E-state index contributed by atoms with van der Waals surface area (Å²) in [5.74, 6) is 0.356. The maximum absolute atomic E-state index is 14.4. The summed E-state index contributed by atoms with van der Waals surface area (Å²) >= 11 is 0. The first kappa shape index (κ1) is 9.45. The predicted molar refractivity (Wildman–Crippen MR) is 52.5 cm³/mol. The second-order valence-corrected chi connectivity index (χ2v) is 4.65. The molecule has 1 N–H and O–H groups in total. The fourth-order valence-electron chi connectivity index (χ4n) is 2.86. The van der Waals surface area contributed by atoms with Crippen molar-refractivity contribution in [3.63, 3.8) is 0 Å². The fourth-order valence-corrected chi connectivity index (χ4v) is 2.86. The van der Waals surface area contributed by atoms with E-state index in [0.29, 0.717) is 12.5 Å². The molecule has 13 heavy (non-hydrogen) atoms. The van der Waals surface area contributed by atoms with Crippen LogP contribution in [0.25, 0.3) is 0 Å². The van der Waals surface area contributed by atoms with Gasteiger partial charge in [-0.05, 0) is 38.1 Å². The minimum Gasteiger partial charge on any atom is -0.314 e. The molecule has 1 saturated heterocycles. The van der Waals surface area contributed by atoms with Gasteiger partial charge in [0, 0.05) is 6.54 Å². The third kappa shape index (κ3) is 2.04. The molecule has 1 nitrogen and oxygen atoms in total. The standard InChI is InChI=1S/C11H20FN/c12-11(7-4-8-13-9-11)10-5-2-1-3-6-10/h10,13H,1-9H2. The molecule has 0 aromatic carbocycles. The topological polar surface area (TPSA) is 12.0 Å². The summed E-state index contributed by atoms with van der Waals surface area (Å²) < 4.78 is 14.4. The van der Waals surface area contributed by atoms with Crippen LogP contribution < -0.4 is 5.32 Å². The zero-order valence-corrected chi connectivity index (χ0v) is 8.32. The van der Waals surface area contributed by atoms with E-state index >= 15 is 0 Å². The van der Waals surface area contributed by atoms with E-state index in [-0.39, 0.29) is 0 Å². The second-order valence-electron chi connectivity index (χ2n) is 4.65. The summed E-state index contributed by atoms with van der Waals surface area (Å²) in [6, 6.07) is 0. The van der Waals surface area contributed by atoms with Crippen molar-refractivity contribution in [2.75, 3.05) is 13.1 Å². The first-order valence-corrected chi connectivity index (χ1v) is 5.71.